The second-order valence-electron chi connectivity index (χ2n) is 3.63. The molecule has 0 spiro atoms. The summed E-state index contributed by atoms with van der Waals surface area (Å²) in [6.07, 6.45) is 0. The van der Waals surface area contributed by atoms with Gasteiger partial charge in [-0.1, -0.05) is 23.7 Å². The van der Waals surface area contributed by atoms with E-state index in [0.29, 0.717) is 16.5 Å². The van der Waals surface area contributed by atoms with E-state index in [1.54, 1.807) is 17.4 Å². The normalized spacial score (nSPS) is 13.1. The van der Waals surface area contributed by atoms with Crippen LogP contribution in [0.5, 0.6) is 0 Å². The second kappa shape index (κ2) is 4.14. The van der Waals surface area contributed by atoms with Crippen LogP contribution >= 0.6 is 22.9 Å². The minimum Gasteiger partial charge on any atom is -0.437 e. The van der Waals surface area contributed by atoms with Crippen LogP contribution in [0.3, 0.4) is 0 Å². The van der Waals surface area contributed by atoms with E-state index in [-0.39, 0.29) is 6.04 Å². The molecule has 1 unspecified atom stereocenters. The molecule has 1 atom stereocenters. The van der Waals surface area contributed by atoms with Crippen molar-refractivity contribution in [1.82, 2.24) is 4.98 Å². The fraction of sp³-hybridized carbons (Fsp3) is 0.0833. The maximum Gasteiger partial charge on any atom is 0.217 e. The van der Waals surface area contributed by atoms with Gasteiger partial charge in [-0.2, -0.15) is 0 Å². The van der Waals surface area contributed by atoms with Crippen LogP contribution < -0.4 is 5.73 Å². The molecule has 5 heteroatoms. The lowest BCUT2D eigenvalue weighted by Crippen LogP contribution is -2.10. The molecule has 3 rings (SSSR count). The first-order chi connectivity index (χ1) is 8.25. The Labute approximate surface area is 107 Å². The van der Waals surface area contributed by atoms with Crippen molar-refractivity contribution in [2.24, 2.45) is 5.73 Å². The predicted molar refractivity (Wildman–Crippen MR) is 69.4 cm³/mol. The minimum atomic E-state index is -0.335. The van der Waals surface area contributed by atoms with E-state index in [0.717, 1.165) is 10.4 Å². The van der Waals surface area contributed by atoms with Crippen molar-refractivity contribution in [3.8, 4) is 0 Å². The smallest absolute Gasteiger partial charge is 0.217 e. The standard InChI is InChI=1S/C12H9ClN2OS/c13-7-3-1-4-8-11(7)16-12(15-8)10(14)9-5-2-6-17-9/h1-6,10H,14H2. The highest BCUT2D eigenvalue weighted by molar-refractivity contribution is 7.10. The molecule has 86 valence electrons. The number of fused-ring (bicyclic) bond motifs is 1. The lowest BCUT2D eigenvalue weighted by molar-refractivity contribution is 0.507. The number of aromatic nitrogens is 1. The van der Waals surface area contributed by atoms with Crippen LogP contribution in [-0.4, -0.2) is 4.98 Å². The fourth-order valence-electron chi connectivity index (χ4n) is 1.66. The van der Waals surface area contributed by atoms with Gasteiger partial charge in [0.1, 0.15) is 11.6 Å². The summed E-state index contributed by atoms with van der Waals surface area (Å²) >= 11 is 7.61. The monoisotopic (exact) mass is 264 g/mol. The van der Waals surface area contributed by atoms with Crippen LogP contribution in [0.4, 0.5) is 0 Å². The SMILES string of the molecule is NC(c1nc2cccc(Cl)c2o1)c1cccs1. The van der Waals surface area contributed by atoms with Crippen molar-refractivity contribution >= 4 is 34.0 Å². The molecule has 0 saturated carbocycles. The average Bonchev–Trinajstić information content (AvgIpc) is 2.98. The first-order valence-corrected chi connectivity index (χ1v) is 6.35. The number of nitrogens with two attached hydrogens (primary N) is 1. The Bertz CT molecular complexity index is 648. The molecule has 0 amide bonds. The number of benzene rings is 1. The number of para-hydroxylation sites is 1. The number of oxazole rings is 1. The van der Waals surface area contributed by atoms with E-state index >= 15 is 0 Å². The summed E-state index contributed by atoms with van der Waals surface area (Å²) in [6.45, 7) is 0. The quantitative estimate of drug-likeness (QED) is 0.770. The molecular formula is C12H9ClN2OS. The molecule has 0 fully saturated rings. The third-order valence-electron chi connectivity index (χ3n) is 2.50. The summed E-state index contributed by atoms with van der Waals surface area (Å²) in [5.74, 6) is 0.496. The molecule has 2 heterocycles. The summed E-state index contributed by atoms with van der Waals surface area (Å²) in [7, 11) is 0. The zero-order chi connectivity index (χ0) is 11.8. The van der Waals surface area contributed by atoms with Gasteiger partial charge in [-0.25, -0.2) is 4.98 Å². The van der Waals surface area contributed by atoms with Crippen LogP contribution in [0.15, 0.2) is 40.1 Å². The molecule has 17 heavy (non-hydrogen) atoms. The fourth-order valence-corrected chi connectivity index (χ4v) is 2.58. The third kappa shape index (κ3) is 1.84. The van der Waals surface area contributed by atoms with Gasteiger partial charge in [-0.05, 0) is 23.6 Å². The lowest BCUT2D eigenvalue weighted by Gasteiger charge is -2.02. The van der Waals surface area contributed by atoms with E-state index in [4.69, 9.17) is 21.8 Å². The van der Waals surface area contributed by atoms with Gasteiger partial charge in [0, 0.05) is 4.88 Å². The molecule has 3 aromatic rings. The van der Waals surface area contributed by atoms with E-state index in [2.05, 4.69) is 4.98 Å². The highest BCUT2D eigenvalue weighted by Gasteiger charge is 2.17. The Morgan fingerprint density at radius 3 is 2.88 bits per heavy atom. The largest absolute Gasteiger partial charge is 0.437 e. The zero-order valence-corrected chi connectivity index (χ0v) is 10.3. The van der Waals surface area contributed by atoms with Crippen LogP contribution in [0.2, 0.25) is 5.02 Å². The maximum absolute atomic E-state index is 6.09. The average molecular weight is 265 g/mol. The molecule has 2 N–H and O–H groups in total. The number of thiophene rings is 1. The molecule has 0 saturated heterocycles. The molecule has 0 radical (unpaired) electrons. The van der Waals surface area contributed by atoms with Crippen molar-refractivity contribution in [3.05, 3.63) is 51.5 Å². The Kier molecular flexibility index (Phi) is 2.63. The van der Waals surface area contributed by atoms with Gasteiger partial charge in [-0.3, -0.25) is 0 Å². The minimum absolute atomic E-state index is 0.335. The van der Waals surface area contributed by atoms with Gasteiger partial charge in [0.15, 0.2) is 5.58 Å². The zero-order valence-electron chi connectivity index (χ0n) is 8.76. The summed E-state index contributed by atoms with van der Waals surface area (Å²) in [5, 5.41) is 2.53. The molecule has 0 aliphatic carbocycles. The molecule has 3 nitrogen and oxygen atoms in total. The first kappa shape index (κ1) is 10.8. The Hall–Kier alpha value is -1.36. The topological polar surface area (TPSA) is 52.0 Å². The van der Waals surface area contributed by atoms with E-state index in [1.807, 2.05) is 29.6 Å². The van der Waals surface area contributed by atoms with E-state index < -0.39 is 0 Å². The van der Waals surface area contributed by atoms with Crippen LogP contribution in [0.25, 0.3) is 11.1 Å². The van der Waals surface area contributed by atoms with Gasteiger partial charge in [0.25, 0.3) is 0 Å². The highest BCUT2D eigenvalue weighted by atomic mass is 35.5. The Morgan fingerprint density at radius 2 is 2.18 bits per heavy atom. The summed E-state index contributed by atoms with van der Waals surface area (Å²) < 4.78 is 5.62. The maximum atomic E-state index is 6.09. The van der Waals surface area contributed by atoms with Crippen molar-refractivity contribution in [3.63, 3.8) is 0 Å². The van der Waals surface area contributed by atoms with Crippen molar-refractivity contribution < 1.29 is 4.42 Å². The first-order valence-electron chi connectivity index (χ1n) is 5.09. The van der Waals surface area contributed by atoms with E-state index in [9.17, 15) is 0 Å². The number of hydrogen-bond donors (Lipinski definition) is 1. The van der Waals surface area contributed by atoms with Crippen LogP contribution in [0, 0.1) is 0 Å². The van der Waals surface area contributed by atoms with E-state index in [1.165, 1.54) is 0 Å². The molecular weight excluding hydrogens is 256 g/mol. The molecule has 0 aliphatic rings. The van der Waals surface area contributed by atoms with Gasteiger partial charge >= 0.3 is 0 Å². The molecule has 1 aromatic carbocycles. The van der Waals surface area contributed by atoms with Crippen LogP contribution in [0.1, 0.15) is 16.8 Å². The van der Waals surface area contributed by atoms with Gasteiger partial charge in [0.2, 0.25) is 5.89 Å². The van der Waals surface area contributed by atoms with Crippen LogP contribution in [-0.2, 0) is 0 Å². The van der Waals surface area contributed by atoms with Gasteiger partial charge in [0.05, 0.1) is 5.02 Å². The molecule has 2 aromatic heterocycles. The Morgan fingerprint density at radius 1 is 1.29 bits per heavy atom. The number of nitrogens with zero attached hydrogens (tertiary/aromatic N) is 1. The van der Waals surface area contributed by atoms with Gasteiger partial charge < -0.3 is 10.2 Å². The lowest BCUT2D eigenvalue weighted by atomic mass is 10.2. The highest BCUT2D eigenvalue weighted by Crippen LogP contribution is 2.29. The summed E-state index contributed by atoms with van der Waals surface area (Å²) in [5.41, 5.74) is 7.42. The van der Waals surface area contributed by atoms with Crippen molar-refractivity contribution in [2.45, 2.75) is 6.04 Å². The second-order valence-corrected chi connectivity index (χ2v) is 5.02. The molecule has 0 bridgehead atoms. The van der Waals surface area contributed by atoms with Gasteiger partial charge in [-0.15, -0.1) is 11.3 Å². The third-order valence-corrected chi connectivity index (χ3v) is 3.75. The van der Waals surface area contributed by atoms with Crippen molar-refractivity contribution in [2.75, 3.05) is 0 Å². The summed E-state index contributed by atoms with van der Waals surface area (Å²) in [6, 6.07) is 9.05. The predicted octanol–water partition coefficient (Wildman–Crippen LogP) is 3.59. The number of rotatable bonds is 2. The molecule has 0 aliphatic heterocycles. The van der Waals surface area contributed by atoms with Crippen molar-refractivity contribution in [1.29, 1.82) is 0 Å². The number of halogens is 1. The number of hydrogen-bond acceptors (Lipinski definition) is 4. The summed E-state index contributed by atoms with van der Waals surface area (Å²) in [4.78, 5) is 5.38. The Balaban J connectivity index is 2.10.